The number of para-hydroxylation sites is 1. The molecule has 1 N–H and O–H groups in total. The lowest BCUT2D eigenvalue weighted by atomic mass is 10.3. The fourth-order valence-corrected chi connectivity index (χ4v) is 4.75. The molecule has 0 saturated heterocycles. The third kappa shape index (κ3) is 3.88. The minimum absolute atomic E-state index is 0.0823. The van der Waals surface area contributed by atoms with Gasteiger partial charge in [0, 0.05) is 10.6 Å². The first-order valence-corrected chi connectivity index (χ1v) is 9.79. The van der Waals surface area contributed by atoms with E-state index in [1.165, 1.54) is 15.1 Å². The minimum Gasteiger partial charge on any atom is -0.350 e. The molecule has 0 atom stereocenters. The van der Waals surface area contributed by atoms with E-state index in [-0.39, 0.29) is 5.91 Å². The normalized spacial score (nSPS) is 11.0. The average Bonchev–Trinajstić information content (AvgIpc) is 3.10. The van der Waals surface area contributed by atoms with Gasteiger partial charge < -0.3 is 5.32 Å². The van der Waals surface area contributed by atoms with Crippen molar-refractivity contribution in [2.75, 3.05) is 5.75 Å². The third-order valence-electron chi connectivity index (χ3n) is 3.21. The van der Waals surface area contributed by atoms with Gasteiger partial charge in [0.2, 0.25) is 5.91 Å². The smallest absolute Gasteiger partial charge is 0.230 e. The van der Waals surface area contributed by atoms with Gasteiger partial charge in [-0.05, 0) is 36.1 Å². The van der Waals surface area contributed by atoms with Gasteiger partial charge in [-0.3, -0.25) is 4.79 Å². The van der Waals surface area contributed by atoms with E-state index in [1.807, 2.05) is 18.2 Å². The molecule has 1 amide bonds. The SMILES string of the molecule is Cc1ccsc1CNC(=O)CSCc1nc2ccccc2s1. The van der Waals surface area contributed by atoms with Crippen LogP contribution in [0.4, 0.5) is 0 Å². The molecule has 6 heteroatoms. The van der Waals surface area contributed by atoms with Crippen LogP contribution in [0.2, 0.25) is 0 Å². The number of rotatable bonds is 6. The molecular formula is C16H16N2OS3. The Morgan fingerprint density at radius 3 is 2.95 bits per heavy atom. The number of hydrogen-bond donors (Lipinski definition) is 1. The van der Waals surface area contributed by atoms with Crippen molar-refractivity contribution in [3.8, 4) is 0 Å². The predicted molar refractivity (Wildman–Crippen MR) is 96.7 cm³/mol. The fraction of sp³-hybridized carbons (Fsp3) is 0.250. The number of carbonyl (C=O) groups excluding carboxylic acids is 1. The Bertz CT molecular complexity index is 745. The minimum atomic E-state index is 0.0823. The van der Waals surface area contributed by atoms with Gasteiger partial charge in [-0.1, -0.05) is 12.1 Å². The van der Waals surface area contributed by atoms with E-state index in [9.17, 15) is 4.79 Å². The Hall–Kier alpha value is -1.37. The lowest BCUT2D eigenvalue weighted by Crippen LogP contribution is -2.24. The Kier molecular flexibility index (Phi) is 5.12. The first kappa shape index (κ1) is 15.5. The molecule has 0 bridgehead atoms. The zero-order chi connectivity index (χ0) is 15.4. The van der Waals surface area contributed by atoms with Crippen LogP contribution in [-0.4, -0.2) is 16.6 Å². The van der Waals surface area contributed by atoms with E-state index < -0.39 is 0 Å². The first-order chi connectivity index (χ1) is 10.7. The molecule has 0 fully saturated rings. The second kappa shape index (κ2) is 7.26. The number of aromatic nitrogens is 1. The number of amides is 1. The molecule has 0 saturated carbocycles. The molecule has 22 heavy (non-hydrogen) atoms. The molecule has 2 aromatic heterocycles. The number of nitrogens with zero attached hydrogens (tertiary/aromatic N) is 1. The molecule has 1 aromatic carbocycles. The summed E-state index contributed by atoms with van der Waals surface area (Å²) in [5.74, 6) is 1.34. The van der Waals surface area contributed by atoms with Crippen LogP contribution in [-0.2, 0) is 17.1 Å². The number of hydrogen-bond acceptors (Lipinski definition) is 5. The maximum Gasteiger partial charge on any atom is 0.230 e. The lowest BCUT2D eigenvalue weighted by Gasteiger charge is -2.04. The van der Waals surface area contributed by atoms with Crippen LogP contribution >= 0.6 is 34.4 Å². The van der Waals surface area contributed by atoms with Gasteiger partial charge in [-0.25, -0.2) is 4.98 Å². The standard InChI is InChI=1S/C16H16N2OS3/c1-11-6-7-21-14(11)8-17-15(19)9-20-10-16-18-12-4-2-3-5-13(12)22-16/h2-7H,8-10H2,1H3,(H,17,19). The van der Waals surface area contributed by atoms with Gasteiger partial charge in [0.05, 0.1) is 22.5 Å². The van der Waals surface area contributed by atoms with Crippen LogP contribution in [0.1, 0.15) is 15.4 Å². The second-order valence-corrected chi connectivity index (χ2v) is 7.97. The highest BCUT2D eigenvalue weighted by Gasteiger charge is 2.07. The van der Waals surface area contributed by atoms with Crippen molar-refractivity contribution in [2.24, 2.45) is 0 Å². The van der Waals surface area contributed by atoms with Gasteiger partial charge >= 0.3 is 0 Å². The van der Waals surface area contributed by atoms with Crippen molar-refractivity contribution >= 4 is 50.6 Å². The number of benzene rings is 1. The summed E-state index contributed by atoms with van der Waals surface area (Å²) < 4.78 is 1.20. The Morgan fingerprint density at radius 2 is 2.18 bits per heavy atom. The molecule has 0 aliphatic rings. The third-order valence-corrected chi connectivity index (χ3v) is 6.40. The summed E-state index contributed by atoms with van der Waals surface area (Å²) in [6.45, 7) is 2.70. The first-order valence-electron chi connectivity index (χ1n) is 6.94. The van der Waals surface area contributed by atoms with Crippen molar-refractivity contribution in [3.63, 3.8) is 0 Å². The van der Waals surface area contributed by atoms with Gasteiger partial charge in [0.15, 0.2) is 0 Å². The van der Waals surface area contributed by atoms with Gasteiger partial charge in [0.25, 0.3) is 0 Å². The number of nitrogens with one attached hydrogen (secondary N) is 1. The zero-order valence-electron chi connectivity index (χ0n) is 12.2. The molecule has 3 rings (SSSR count). The van der Waals surface area contributed by atoms with Crippen LogP contribution in [0.5, 0.6) is 0 Å². The van der Waals surface area contributed by atoms with Crippen molar-refractivity contribution < 1.29 is 4.79 Å². The Balaban J connectivity index is 1.44. The van der Waals surface area contributed by atoms with E-state index >= 15 is 0 Å². The van der Waals surface area contributed by atoms with Gasteiger partial charge in [-0.2, -0.15) is 0 Å². The highest BCUT2D eigenvalue weighted by atomic mass is 32.2. The molecule has 0 spiro atoms. The molecule has 0 aliphatic heterocycles. The summed E-state index contributed by atoms with van der Waals surface area (Å²) in [5, 5.41) is 6.10. The van der Waals surface area contributed by atoms with Gasteiger partial charge in [0.1, 0.15) is 5.01 Å². The summed E-state index contributed by atoms with van der Waals surface area (Å²) in [7, 11) is 0. The Morgan fingerprint density at radius 1 is 1.32 bits per heavy atom. The Labute approximate surface area is 141 Å². The molecule has 3 nitrogen and oxygen atoms in total. The summed E-state index contributed by atoms with van der Waals surface area (Å²) in [4.78, 5) is 17.7. The summed E-state index contributed by atoms with van der Waals surface area (Å²) >= 11 is 5.00. The van der Waals surface area contributed by atoms with E-state index in [0.717, 1.165) is 16.3 Å². The van der Waals surface area contributed by atoms with Crippen LogP contribution in [0, 0.1) is 6.92 Å². The largest absolute Gasteiger partial charge is 0.350 e. The molecular weight excluding hydrogens is 332 g/mol. The topological polar surface area (TPSA) is 42.0 Å². The van der Waals surface area contributed by atoms with E-state index in [1.54, 1.807) is 34.4 Å². The highest BCUT2D eigenvalue weighted by Crippen LogP contribution is 2.24. The van der Waals surface area contributed by atoms with Crippen LogP contribution in [0.25, 0.3) is 10.2 Å². The van der Waals surface area contributed by atoms with Crippen molar-refractivity contribution in [1.82, 2.24) is 10.3 Å². The van der Waals surface area contributed by atoms with E-state index in [2.05, 4.69) is 34.7 Å². The monoisotopic (exact) mass is 348 g/mol. The lowest BCUT2D eigenvalue weighted by molar-refractivity contribution is -0.118. The predicted octanol–water partition coefficient (Wildman–Crippen LogP) is 4.22. The zero-order valence-corrected chi connectivity index (χ0v) is 14.6. The van der Waals surface area contributed by atoms with Crippen molar-refractivity contribution in [2.45, 2.75) is 19.2 Å². The number of thiophene rings is 1. The number of carbonyl (C=O) groups is 1. The summed E-state index contributed by atoms with van der Waals surface area (Å²) in [5.41, 5.74) is 2.29. The molecule has 0 radical (unpaired) electrons. The van der Waals surface area contributed by atoms with E-state index in [0.29, 0.717) is 12.3 Å². The van der Waals surface area contributed by atoms with Crippen LogP contribution in [0.3, 0.4) is 0 Å². The maximum atomic E-state index is 11.9. The summed E-state index contributed by atoms with van der Waals surface area (Å²) in [6, 6.07) is 10.2. The fourth-order valence-electron chi connectivity index (χ4n) is 2.03. The molecule has 0 aliphatic carbocycles. The number of thioether (sulfide) groups is 1. The van der Waals surface area contributed by atoms with Crippen molar-refractivity contribution in [3.05, 3.63) is 51.2 Å². The molecule has 2 heterocycles. The summed E-state index contributed by atoms with van der Waals surface area (Å²) in [6.07, 6.45) is 0. The number of fused-ring (bicyclic) bond motifs is 1. The highest BCUT2D eigenvalue weighted by molar-refractivity contribution is 7.99. The molecule has 114 valence electrons. The van der Waals surface area contributed by atoms with Crippen LogP contribution in [0.15, 0.2) is 35.7 Å². The second-order valence-electron chi connectivity index (χ2n) is 4.87. The van der Waals surface area contributed by atoms with Crippen LogP contribution < -0.4 is 5.32 Å². The molecule has 3 aromatic rings. The average molecular weight is 349 g/mol. The molecule has 0 unspecified atom stereocenters. The van der Waals surface area contributed by atoms with Crippen molar-refractivity contribution in [1.29, 1.82) is 0 Å². The number of thiazole rings is 1. The number of aryl methyl sites for hydroxylation is 1. The maximum absolute atomic E-state index is 11.9. The quantitative estimate of drug-likeness (QED) is 0.725. The van der Waals surface area contributed by atoms with Gasteiger partial charge in [-0.15, -0.1) is 34.4 Å². The van der Waals surface area contributed by atoms with E-state index in [4.69, 9.17) is 0 Å².